The maximum Gasteiger partial charge on any atom is 0.319 e. The lowest BCUT2D eigenvalue weighted by molar-refractivity contribution is 0.251. The normalized spacial score (nSPS) is 14.7. The van der Waals surface area contributed by atoms with Crippen molar-refractivity contribution in [3.63, 3.8) is 0 Å². The fourth-order valence-corrected chi connectivity index (χ4v) is 1.81. The van der Waals surface area contributed by atoms with Gasteiger partial charge in [0.05, 0.1) is 4.47 Å². The Morgan fingerprint density at radius 1 is 1.50 bits per heavy atom. The van der Waals surface area contributed by atoms with Crippen molar-refractivity contribution in [2.24, 2.45) is 0 Å². The first-order valence-corrected chi connectivity index (χ1v) is 5.88. The van der Waals surface area contributed by atoms with E-state index in [1.54, 1.807) is 6.07 Å². The van der Waals surface area contributed by atoms with Crippen molar-refractivity contribution in [1.29, 1.82) is 0 Å². The first-order valence-electron chi connectivity index (χ1n) is 5.09. The highest BCUT2D eigenvalue weighted by molar-refractivity contribution is 9.10. The third-order valence-electron chi connectivity index (χ3n) is 2.43. The molecule has 1 aromatic rings. The van der Waals surface area contributed by atoms with Gasteiger partial charge in [-0.1, -0.05) is 0 Å². The standard InChI is InChI=1S/C11H12BrFN2O/c1-6-4-8(12)9(13)5-10(6)15-11(16)14-7-2-3-7/h4-5,7H,2-3H2,1H3,(H2,14,15,16). The zero-order chi connectivity index (χ0) is 11.7. The maximum absolute atomic E-state index is 13.3. The van der Waals surface area contributed by atoms with Gasteiger partial charge in [-0.3, -0.25) is 0 Å². The van der Waals surface area contributed by atoms with E-state index in [1.807, 2.05) is 6.92 Å². The molecule has 1 aliphatic carbocycles. The topological polar surface area (TPSA) is 41.1 Å². The van der Waals surface area contributed by atoms with Crippen LogP contribution in [0, 0.1) is 12.7 Å². The molecular formula is C11H12BrFN2O. The molecule has 2 N–H and O–H groups in total. The smallest absolute Gasteiger partial charge is 0.319 e. The minimum absolute atomic E-state index is 0.271. The predicted molar refractivity (Wildman–Crippen MR) is 64.0 cm³/mol. The summed E-state index contributed by atoms with van der Waals surface area (Å²) in [5.74, 6) is -0.382. The minimum atomic E-state index is -0.382. The van der Waals surface area contributed by atoms with Crippen molar-refractivity contribution in [1.82, 2.24) is 5.32 Å². The Balaban J connectivity index is 2.07. The minimum Gasteiger partial charge on any atom is -0.335 e. The number of carbonyl (C=O) groups excluding carboxylic acids is 1. The number of amides is 2. The van der Waals surface area contributed by atoms with Gasteiger partial charge in [-0.2, -0.15) is 0 Å². The van der Waals surface area contributed by atoms with Crippen LogP contribution in [0.2, 0.25) is 0 Å². The molecule has 1 aliphatic rings. The number of urea groups is 1. The molecule has 0 atom stereocenters. The maximum atomic E-state index is 13.3. The summed E-state index contributed by atoms with van der Waals surface area (Å²) in [6.07, 6.45) is 2.06. The SMILES string of the molecule is Cc1cc(Br)c(F)cc1NC(=O)NC1CC1. The lowest BCUT2D eigenvalue weighted by Crippen LogP contribution is -2.30. The second-order valence-electron chi connectivity index (χ2n) is 3.95. The second-order valence-corrected chi connectivity index (χ2v) is 4.81. The number of hydrogen-bond acceptors (Lipinski definition) is 1. The molecule has 0 aromatic heterocycles. The van der Waals surface area contributed by atoms with Gasteiger partial charge in [0.1, 0.15) is 5.82 Å². The van der Waals surface area contributed by atoms with Gasteiger partial charge < -0.3 is 10.6 Å². The van der Waals surface area contributed by atoms with Crippen molar-refractivity contribution < 1.29 is 9.18 Å². The molecule has 0 radical (unpaired) electrons. The Labute approximate surface area is 102 Å². The average molecular weight is 287 g/mol. The molecule has 2 rings (SSSR count). The van der Waals surface area contributed by atoms with Crippen LogP contribution in [0.15, 0.2) is 16.6 Å². The highest BCUT2D eigenvalue weighted by atomic mass is 79.9. The number of carbonyl (C=O) groups is 1. The van der Waals surface area contributed by atoms with E-state index in [2.05, 4.69) is 26.6 Å². The molecule has 1 saturated carbocycles. The van der Waals surface area contributed by atoms with E-state index in [4.69, 9.17) is 0 Å². The predicted octanol–water partition coefficient (Wildman–Crippen LogP) is 3.18. The summed E-state index contributed by atoms with van der Waals surface area (Å²) in [6, 6.07) is 2.97. The Bertz CT molecular complexity index is 432. The van der Waals surface area contributed by atoms with E-state index in [9.17, 15) is 9.18 Å². The Morgan fingerprint density at radius 3 is 2.81 bits per heavy atom. The quantitative estimate of drug-likeness (QED) is 0.861. The molecule has 0 unspecified atom stereocenters. The van der Waals surface area contributed by atoms with Crippen molar-refractivity contribution in [2.75, 3.05) is 5.32 Å². The number of halogens is 2. The summed E-state index contributed by atoms with van der Waals surface area (Å²) in [6.45, 7) is 1.82. The van der Waals surface area contributed by atoms with Crippen LogP contribution < -0.4 is 10.6 Å². The van der Waals surface area contributed by atoms with E-state index in [1.165, 1.54) is 6.07 Å². The van der Waals surface area contributed by atoms with Crippen LogP contribution in [0.4, 0.5) is 14.9 Å². The summed E-state index contributed by atoms with van der Waals surface area (Å²) >= 11 is 3.09. The van der Waals surface area contributed by atoms with Crippen molar-refractivity contribution >= 4 is 27.6 Å². The number of benzene rings is 1. The number of hydrogen-bond donors (Lipinski definition) is 2. The molecule has 0 aliphatic heterocycles. The van der Waals surface area contributed by atoms with Gasteiger partial charge in [0.2, 0.25) is 0 Å². The van der Waals surface area contributed by atoms with Gasteiger partial charge in [0.25, 0.3) is 0 Å². The van der Waals surface area contributed by atoms with Gasteiger partial charge in [-0.15, -0.1) is 0 Å². The Morgan fingerprint density at radius 2 is 2.19 bits per heavy atom. The van der Waals surface area contributed by atoms with Gasteiger partial charge >= 0.3 is 6.03 Å². The van der Waals surface area contributed by atoms with Crippen LogP contribution >= 0.6 is 15.9 Å². The molecule has 3 nitrogen and oxygen atoms in total. The zero-order valence-corrected chi connectivity index (χ0v) is 10.4. The highest BCUT2D eigenvalue weighted by Gasteiger charge is 2.23. The van der Waals surface area contributed by atoms with E-state index in [-0.39, 0.29) is 11.8 Å². The van der Waals surface area contributed by atoms with E-state index in [0.717, 1.165) is 18.4 Å². The first-order chi connectivity index (χ1) is 7.56. The fourth-order valence-electron chi connectivity index (χ4n) is 1.35. The van der Waals surface area contributed by atoms with Crippen molar-refractivity contribution in [3.8, 4) is 0 Å². The third-order valence-corrected chi connectivity index (χ3v) is 3.04. The van der Waals surface area contributed by atoms with E-state index < -0.39 is 0 Å². The van der Waals surface area contributed by atoms with Crippen LogP contribution in [-0.2, 0) is 0 Å². The van der Waals surface area contributed by atoms with Gasteiger partial charge in [-0.25, -0.2) is 9.18 Å². The molecule has 86 valence electrons. The molecule has 0 saturated heterocycles. The van der Waals surface area contributed by atoms with Crippen LogP contribution in [0.5, 0.6) is 0 Å². The largest absolute Gasteiger partial charge is 0.335 e. The van der Waals surface area contributed by atoms with Gasteiger partial charge in [0, 0.05) is 11.7 Å². The molecule has 0 spiro atoms. The van der Waals surface area contributed by atoms with E-state index in [0.29, 0.717) is 16.2 Å². The van der Waals surface area contributed by atoms with Gasteiger partial charge in [-0.05, 0) is 53.4 Å². The van der Waals surface area contributed by atoms with Gasteiger partial charge in [0.15, 0.2) is 0 Å². The average Bonchev–Trinajstić information content (AvgIpc) is 2.98. The molecular weight excluding hydrogens is 275 g/mol. The number of anilines is 1. The number of nitrogens with one attached hydrogen (secondary N) is 2. The fraction of sp³-hybridized carbons (Fsp3) is 0.364. The lowest BCUT2D eigenvalue weighted by Gasteiger charge is -2.10. The van der Waals surface area contributed by atoms with Crippen LogP contribution in [0.1, 0.15) is 18.4 Å². The summed E-state index contributed by atoms with van der Waals surface area (Å²) in [5, 5.41) is 5.42. The number of aryl methyl sites for hydroxylation is 1. The molecule has 16 heavy (non-hydrogen) atoms. The molecule has 0 heterocycles. The molecule has 2 amide bonds. The summed E-state index contributed by atoms with van der Waals surface area (Å²) < 4.78 is 13.7. The molecule has 5 heteroatoms. The Kier molecular flexibility index (Phi) is 3.14. The van der Waals surface area contributed by atoms with E-state index >= 15 is 0 Å². The molecule has 0 bridgehead atoms. The van der Waals surface area contributed by atoms with Crippen LogP contribution in [0.25, 0.3) is 0 Å². The third kappa shape index (κ3) is 2.72. The molecule has 1 aromatic carbocycles. The summed E-state index contributed by atoms with van der Waals surface area (Å²) in [7, 11) is 0. The second kappa shape index (κ2) is 4.41. The van der Waals surface area contributed by atoms with Crippen molar-refractivity contribution in [2.45, 2.75) is 25.8 Å². The van der Waals surface area contributed by atoms with Crippen LogP contribution in [0.3, 0.4) is 0 Å². The van der Waals surface area contributed by atoms with Crippen molar-refractivity contribution in [3.05, 3.63) is 28.0 Å². The zero-order valence-electron chi connectivity index (χ0n) is 8.81. The summed E-state index contributed by atoms with van der Waals surface area (Å²) in [4.78, 5) is 11.5. The number of rotatable bonds is 2. The summed E-state index contributed by atoms with van der Waals surface area (Å²) in [5.41, 5.74) is 1.32. The monoisotopic (exact) mass is 286 g/mol. The first kappa shape index (κ1) is 11.4. The highest BCUT2D eigenvalue weighted by Crippen LogP contribution is 2.24. The lowest BCUT2D eigenvalue weighted by atomic mass is 10.2. The Hall–Kier alpha value is -1.10. The molecule has 1 fully saturated rings. The van der Waals surface area contributed by atoms with Crippen LogP contribution in [-0.4, -0.2) is 12.1 Å².